The fraction of sp³-hybridized carbons (Fsp3) is 0.440. The first-order valence-corrected chi connectivity index (χ1v) is 10.8. The second kappa shape index (κ2) is 11.5. The number of aryl methyl sites for hydroxylation is 2. The van der Waals surface area contributed by atoms with Gasteiger partial charge < -0.3 is 10.2 Å². The van der Waals surface area contributed by atoms with Crippen LogP contribution in [-0.4, -0.2) is 28.8 Å². The quantitative estimate of drug-likeness (QED) is 0.617. The van der Waals surface area contributed by atoms with Crippen molar-refractivity contribution < 1.29 is 14.0 Å². The highest BCUT2D eigenvalue weighted by molar-refractivity contribution is 5.87. The molecule has 0 aliphatic heterocycles. The first-order chi connectivity index (χ1) is 14.3. The summed E-state index contributed by atoms with van der Waals surface area (Å²) in [5, 5.41) is 2.92. The molecule has 0 saturated carbocycles. The van der Waals surface area contributed by atoms with E-state index in [1.165, 1.54) is 16.5 Å². The first kappa shape index (κ1) is 23.6. The minimum Gasteiger partial charge on any atom is -0.352 e. The Morgan fingerprint density at radius 2 is 1.63 bits per heavy atom. The first-order valence-electron chi connectivity index (χ1n) is 10.8. The van der Waals surface area contributed by atoms with Gasteiger partial charge in [0.25, 0.3) is 0 Å². The lowest BCUT2D eigenvalue weighted by Gasteiger charge is -2.30. The third-order valence-corrected chi connectivity index (χ3v) is 5.53. The molecule has 0 fully saturated rings. The Labute approximate surface area is 179 Å². The van der Waals surface area contributed by atoms with Crippen LogP contribution in [0.2, 0.25) is 0 Å². The number of rotatable bonds is 10. The molecular weight excluding hydrogens is 379 g/mol. The summed E-state index contributed by atoms with van der Waals surface area (Å²) in [5.74, 6) is -0.758. The molecular formula is C25H33FN2O2. The highest BCUT2D eigenvalue weighted by Gasteiger charge is 2.27. The smallest absolute Gasteiger partial charge is 0.242 e. The second-order valence-corrected chi connectivity index (χ2v) is 7.78. The molecule has 0 spiro atoms. The number of benzene rings is 2. The van der Waals surface area contributed by atoms with Gasteiger partial charge in [0.05, 0.1) is 0 Å². The summed E-state index contributed by atoms with van der Waals surface area (Å²) in [6.07, 6.45) is 2.61. The highest BCUT2D eigenvalue weighted by atomic mass is 19.1. The highest BCUT2D eigenvalue weighted by Crippen LogP contribution is 2.16. The Bertz CT molecular complexity index is 835. The van der Waals surface area contributed by atoms with E-state index in [1.807, 2.05) is 26.0 Å². The molecule has 2 atom stereocenters. The SMILES string of the molecule is CCc1ccc(CCC(=O)N(Cc2ccccc2F)[C@@H](C)C(=O)N[C@@H](C)CC)cc1. The summed E-state index contributed by atoms with van der Waals surface area (Å²) >= 11 is 0. The van der Waals surface area contributed by atoms with Crippen molar-refractivity contribution in [2.24, 2.45) is 0 Å². The van der Waals surface area contributed by atoms with Crippen LogP contribution in [0.25, 0.3) is 0 Å². The average Bonchev–Trinajstić information content (AvgIpc) is 2.76. The number of hydrogen-bond acceptors (Lipinski definition) is 2. The zero-order chi connectivity index (χ0) is 22.1. The summed E-state index contributed by atoms with van der Waals surface area (Å²) < 4.78 is 14.2. The van der Waals surface area contributed by atoms with Gasteiger partial charge in [-0.25, -0.2) is 4.39 Å². The fourth-order valence-electron chi connectivity index (χ4n) is 3.19. The van der Waals surface area contributed by atoms with Gasteiger partial charge in [-0.2, -0.15) is 0 Å². The molecule has 0 unspecified atom stereocenters. The monoisotopic (exact) mass is 412 g/mol. The molecule has 0 aromatic heterocycles. The number of nitrogens with zero attached hydrogens (tertiary/aromatic N) is 1. The van der Waals surface area contributed by atoms with E-state index in [1.54, 1.807) is 25.1 Å². The standard InChI is InChI=1S/C25H33FN2O2/c1-5-18(3)27-25(30)19(4)28(17-22-9-7-8-10-23(22)26)24(29)16-15-21-13-11-20(6-2)12-14-21/h7-14,18-19H,5-6,15-17H2,1-4H3,(H,27,30)/t18-,19-/m0/s1. The van der Waals surface area contributed by atoms with Gasteiger partial charge in [-0.15, -0.1) is 0 Å². The van der Waals surface area contributed by atoms with Crippen molar-refractivity contribution in [2.45, 2.75) is 72.0 Å². The molecule has 2 aromatic carbocycles. The van der Waals surface area contributed by atoms with Gasteiger partial charge in [-0.1, -0.05) is 56.3 Å². The van der Waals surface area contributed by atoms with Crippen LogP contribution in [-0.2, 0) is 29.0 Å². The Morgan fingerprint density at radius 1 is 1.00 bits per heavy atom. The second-order valence-electron chi connectivity index (χ2n) is 7.78. The van der Waals surface area contributed by atoms with Crippen LogP contribution in [0.5, 0.6) is 0 Å². The normalized spacial score (nSPS) is 12.8. The molecule has 30 heavy (non-hydrogen) atoms. The summed E-state index contributed by atoms with van der Waals surface area (Å²) in [6.45, 7) is 7.78. The Morgan fingerprint density at radius 3 is 2.23 bits per heavy atom. The van der Waals surface area contributed by atoms with Crippen molar-refractivity contribution in [3.8, 4) is 0 Å². The summed E-state index contributed by atoms with van der Waals surface area (Å²) in [5.41, 5.74) is 2.73. The van der Waals surface area contributed by atoms with E-state index in [2.05, 4.69) is 24.4 Å². The average molecular weight is 413 g/mol. The van der Waals surface area contributed by atoms with Crippen molar-refractivity contribution in [1.82, 2.24) is 10.2 Å². The largest absolute Gasteiger partial charge is 0.352 e. The van der Waals surface area contributed by atoms with Crippen LogP contribution in [0.4, 0.5) is 4.39 Å². The lowest BCUT2D eigenvalue weighted by atomic mass is 10.0. The Kier molecular flexibility index (Phi) is 9.03. The predicted octanol–water partition coefficient (Wildman–Crippen LogP) is 4.65. The Hall–Kier alpha value is -2.69. The van der Waals surface area contributed by atoms with Gasteiger partial charge in [0.1, 0.15) is 11.9 Å². The van der Waals surface area contributed by atoms with Gasteiger partial charge in [0, 0.05) is 24.6 Å². The van der Waals surface area contributed by atoms with E-state index in [9.17, 15) is 14.0 Å². The molecule has 1 N–H and O–H groups in total. The van der Waals surface area contributed by atoms with Crippen molar-refractivity contribution in [1.29, 1.82) is 0 Å². The van der Waals surface area contributed by atoms with Crippen molar-refractivity contribution in [2.75, 3.05) is 0 Å². The number of hydrogen-bond donors (Lipinski definition) is 1. The third-order valence-electron chi connectivity index (χ3n) is 5.53. The Balaban J connectivity index is 2.14. The molecule has 0 saturated heterocycles. The molecule has 5 heteroatoms. The number of amides is 2. The van der Waals surface area contributed by atoms with E-state index in [4.69, 9.17) is 0 Å². The van der Waals surface area contributed by atoms with Gasteiger partial charge >= 0.3 is 0 Å². The van der Waals surface area contributed by atoms with E-state index in [0.29, 0.717) is 12.0 Å². The van der Waals surface area contributed by atoms with Crippen molar-refractivity contribution >= 4 is 11.8 Å². The fourth-order valence-corrected chi connectivity index (χ4v) is 3.19. The molecule has 162 valence electrons. The third kappa shape index (κ3) is 6.68. The van der Waals surface area contributed by atoms with Crippen molar-refractivity contribution in [3.05, 3.63) is 71.0 Å². The predicted molar refractivity (Wildman–Crippen MR) is 118 cm³/mol. The number of carbonyl (C=O) groups excluding carboxylic acids is 2. The van der Waals surface area contributed by atoms with Crippen LogP contribution < -0.4 is 5.32 Å². The van der Waals surface area contributed by atoms with Crippen LogP contribution in [0.1, 0.15) is 57.2 Å². The summed E-state index contributed by atoms with van der Waals surface area (Å²) in [7, 11) is 0. The molecule has 0 radical (unpaired) electrons. The van der Waals surface area contributed by atoms with Crippen molar-refractivity contribution in [3.63, 3.8) is 0 Å². The van der Waals surface area contributed by atoms with Crippen LogP contribution >= 0.6 is 0 Å². The zero-order valence-electron chi connectivity index (χ0n) is 18.5. The zero-order valence-corrected chi connectivity index (χ0v) is 18.5. The molecule has 0 aliphatic rings. The molecule has 2 amide bonds. The molecule has 0 aliphatic carbocycles. The molecule has 4 nitrogen and oxygen atoms in total. The maximum atomic E-state index is 14.2. The van der Waals surface area contributed by atoms with E-state index < -0.39 is 6.04 Å². The van der Waals surface area contributed by atoms with Gasteiger partial charge in [-0.05, 0) is 50.3 Å². The van der Waals surface area contributed by atoms with Gasteiger partial charge in [-0.3, -0.25) is 9.59 Å². The maximum absolute atomic E-state index is 14.2. The van der Waals surface area contributed by atoms with Gasteiger partial charge in [0.2, 0.25) is 11.8 Å². The lowest BCUT2D eigenvalue weighted by molar-refractivity contribution is -0.140. The molecule has 0 bridgehead atoms. The minimum atomic E-state index is -0.687. The van der Waals surface area contributed by atoms with Crippen LogP contribution in [0, 0.1) is 5.82 Å². The summed E-state index contributed by atoms with van der Waals surface area (Å²) in [4.78, 5) is 27.2. The van der Waals surface area contributed by atoms with E-state index >= 15 is 0 Å². The van der Waals surface area contributed by atoms with E-state index in [0.717, 1.165) is 18.4 Å². The molecule has 2 aromatic rings. The molecule has 0 heterocycles. The van der Waals surface area contributed by atoms with Crippen LogP contribution in [0.3, 0.4) is 0 Å². The van der Waals surface area contributed by atoms with Gasteiger partial charge in [0.15, 0.2) is 0 Å². The number of carbonyl (C=O) groups is 2. The minimum absolute atomic E-state index is 0.0162. The number of halogens is 1. The van der Waals surface area contributed by atoms with Crippen LogP contribution in [0.15, 0.2) is 48.5 Å². The lowest BCUT2D eigenvalue weighted by Crippen LogP contribution is -2.49. The molecule has 2 rings (SSSR count). The number of nitrogens with one attached hydrogen (secondary N) is 1. The summed E-state index contributed by atoms with van der Waals surface area (Å²) in [6, 6.07) is 13.9. The topological polar surface area (TPSA) is 49.4 Å². The maximum Gasteiger partial charge on any atom is 0.242 e. The van der Waals surface area contributed by atoms with E-state index in [-0.39, 0.29) is 36.6 Å².